The summed E-state index contributed by atoms with van der Waals surface area (Å²) in [4.78, 5) is 11.7. The summed E-state index contributed by atoms with van der Waals surface area (Å²) < 4.78 is 5.85. The van der Waals surface area contributed by atoms with Crippen molar-refractivity contribution in [2.45, 2.75) is 13.2 Å². The van der Waals surface area contributed by atoms with Gasteiger partial charge in [0.2, 0.25) is 0 Å². The number of ether oxygens (including phenoxy) is 1. The molecule has 3 aromatic carbocycles. The van der Waals surface area contributed by atoms with Gasteiger partial charge < -0.3 is 9.84 Å². The Hall–Kier alpha value is -2.91. The van der Waals surface area contributed by atoms with E-state index in [2.05, 4.69) is 0 Å². The van der Waals surface area contributed by atoms with E-state index in [4.69, 9.17) is 4.74 Å². The zero-order valence-electron chi connectivity index (χ0n) is 13.2. The number of aliphatic hydroxyl groups excluding tert-OH is 1. The summed E-state index contributed by atoms with van der Waals surface area (Å²) in [5, 5.41) is 9.31. The average molecular weight is 318 g/mol. The molecule has 24 heavy (non-hydrogen) atoms. The van der Waals surface area contributed by atoms with Crippen LogP contribution in [0, 0.1) is 0 Å². The van der Waals surface area contributed by atoms with Crippen molar-refractivity contribution in [3.8, 4) is 16.9 Å². The van der Waals surface area contributed by atoms with E-state index in [0.29, 0.717) is 17.9 Å². The third kappa shape index (κ3) is 3.53. The summed E-state index contributed by atoms with van der Waals surface area (Å²) in [5.41, 5.74) is 4.05. The predicted molar refractivity (Wildman–Crippen MR) is 94.0 cm³/mol. The molecule has 0 aliphatic rings. The second-order valence-corrected chi connectivity index (χ2v) is 5.47. The van der Waals surface area contributed by atoms with Gasteiger partial charge in [0.25, 0.3) is 0 Å². The molecule has 3 heteroatoms. The van der Waals surface area contributed by atoms with Crippen LogP contribution in [-0.2, 0) is 13.2 Å². The highest BCUT2D eigenvalue weighted by atomic mass is 16.5. The number of carbonyl (C=O) groups is 1. The van der Waals surface area contributed by atoms with E-state index >= 15 is 0 Å². The number of aldehydes is 1. The van der Waals surface area contributed by atoms with Crippen LogP contribution in [-0.4, -0.2) is 11.4 Å². The molecule has 3 nitrogen and oxygen atoms in total. The van der Waals surface area contributed by atoms with Gasteiger partial charge in [-0.15, -0.1) is 0 Å². The molecule has 0 aliphatic heterocycles. The molecule has 0 amide bonds. The number of carbonyl (C=O) groups excluding carboxylic acids is 1. The summed E-state index contributed by atoms with van der Waals surface area (Å²) in [5.74, 6) is 0.556. The fourth-order valence-corrected chi connectivity index (χ4v) is 2.62. The van der Waals surface area contributed by atoms with E-state index in [9.17, 15) is 9.90 Å². The van der Waals surface area contributed by atoms with E-state index in [-0.39, 0.29) is 6.61 Å². The largest absolute Gasteiger partial charge is 0.488 e. The summed E-state index contributed by atoms with van der Waals surface area (Å²) in [6.07, 6.45) is 0.821. The Balaban J connectivity index is 1.92. The maximum absolute atomic E-state index is 11.7. The minimum Gasteiger partial charge on any atom is -0.488 e. The first-order valence-corrected chi connectivity index (χ1v) is 7.77. The van der Waals surface area contributed by atoms with Gasteiger partial charge in [-0.25, -0.2) is 0 Å². The average Bonchev–Trinajstić information content (AvgIpc) is 2.66. The van der Waals surface area contributed by atoms with Crippen molar-refractivity contribution in [2.75, 3.05) is 0 Å². The van der Waals surface area contributed by atoms with Crippen LogP contribution in [0.3, 0.4) is 0 Å². The van der Waals surface area contributed by atoms with Crippen LogP contribution in [0.5, 0.6) is 5.75 Å². The summed E-state index contributed by atoms with van der Waals surface area (Å²) in [6.45, 7) is 0.371. The molecular weight excluding hydrogens is 300 g/mol. The number of hydrogen-bond donors (Lipinski definition) is 1. The third-order valence-electron chi connectivity index (χ3n) is 3.84. The van der Waals surface area contributed by atoms with Crippen molar-refractivity contribution in [3.05, 3.63) is 89.5 Å². The zero-order chi connectivity index (χ0) is 16.8. The van der Waals surface area contributed by atoms with Gasteiger partial charge in [0.05, 0.1) is 12.2 Å². The Morgan fingerprint density at radius 1 is 0.875 bits per heavy atom. The van der Waals surface area contributed by atoms with Crippen molar-refractivity contribution in [2.24, 2.45) is 0 Å². The zero-order valence-corrected chi connectivity index (χ0v) is 13.2. The molecule has 0 saturated carbocycles. The Labute approximate surface area is 141 Å². The summed E-state index contributed by atoms with van der Waals surface area (Å²) in [6, 6.07) is 22.9. The van der Waals surface area contributed by atoms with E-state index in [1.165, 1.54) is 0 Å². The lowest BCUT2D eigenvalue weighted by molar-refractivity contribution is 0.111. The highest BCUT2D eigenvalue weighted by molar-refractivity contribution is 5.91. The van der Waals surface area contributed by atoms with Gasteiger partial charge >= 0.3 is 0 Å². The molecule has 0 radical (unpaired) electrons. The van der Waals surface area contributed by atoms with Crippen LogP contribution in [0.2, 0.25) is 0 Å². The van der Waals surface area contributed by atoms with E-state index in [1.54, 1.807) is 6.07 Å². The molecule has 1 N–H and O–H groups in total. The number of benzene rings is 3. The SMILES string of the molecule is O=Cc1c(OCc2ccccc2)cccc1-c1cccc(CO)c1. The molecule has 120 valence electrons. The van der Waals surface area contributed by atoms with Gasteiger partial charge in [-0.05, 0) is 34.4 Å². The molecule has 0 atom stereocenters. The van der Waals surface area contributed by atoms with Gasteiger partial charge in [-0.3, -0.25) is 4.79 Å². The smallest absolute Gasteiger partial charge is 0.154 e. The van der Waals surface area contributed by atoms with Crippen LogP contribution >= 0.6 is 0 Å². The van der Waals surface area contributed by atoms with Crippen molar-refractivity contribution in [1.82, 2.24) is 0 Å². The predicted octanol–water partition coefficient (Wildman–Crippen LogP) is 4.24. The van der Waals surface area contributed by atoms with Crippen LogP contribution < -0.4 is 4.74 Å². The van der Waals surface area contributed by atoms with Gasteiger partial charge in [0, 0.05) is 0 Å². The molecule has 0 spiro atoms. The van der Waals surface area contributed by atoms with Crippen molar-refractivity contribution in [3.63, 3.8) is 0 Å². The molecule has 0 unspecified atom stereocenters. The van der Waals surface area contributed by atoms with Crippen molar-refractivity contribution >= 4 is 6.29 Å². The molecule has 0 bridgehead atoms. The van der Waals surface area contributed by atoms with Gasteiger partial charge in [0.15, 0.2) is 6.29 Å². The van der Waals surface area contributed by atoms with Crippen molar-refractivity contribution in [1.29, 1.82) is 0 Å². The van der Waals surface area contributed by atoms with Crippen LogP contribution in [0.1, 0.15) is 21.5 Å². The van der Waals surface area contributed by atoms with E-state index in [0.717, 1.165) is 28.5 Å². The third-order valence-corrected chi connectivity index (χ3v) is 3.84. The normalized spacial score (nSPS) is 10.4. The van der Waals surface area contributed by atoms with Gasteiger partial charge in [-0.2, -0.15) is 0 Å². The fourth-order valence-electron chi connectivity index (χ4n) is 2.62. The molecule has 0 saturated heterocycles. The molecule has 0 aliphatic carbocycles. The second kappa shape index (κ2) is 7.57. The quantitative estimate of drug-likeness (QED) is 0.692. The molecule has 0 fully saturated rings. The lowest BCUT2D eigenvalue weighted by Gasteiger charge is -2.13. The Kier molecular flexibility index (Phi) is 5.04. The first-order chi connectivity index (χ1) is 11.8. The van der Waals surface area contributed by atoms with Crippen LogP contribution in [0.15, 0.2) is 72.8 Å². The molecule has 0 aromatic heterocycles. The lowest BCUT2D eigenvalue weighted by atomic mass is 9.98. The molecular formula is C21H18O3. The topological polar surface area (TPSA) is 46.5 Å². The monoisotopic (exact) mass is 318 g/mol. The first kappa shape index (κ1) is 16.0. The van der Waals surface area contributed by atoms with Gasteiger partial charge in [-0.1, -0.05) is 60.7 Å². The molecule has 3 rings (SSSR count). The standard InChI is InChI=1S/C21H18O3/c22-13-17-8-4-9-18(12-17)19-10-5-11-21(20(19)14-23)24-15-16-6-2-1-3-7-16/h1-12,14,22H,13,15H2. The highest BCUT2D eigenvalue weighted by Gasteiger charge is 2.11. The summed E-state index contributed by atoms with van der Waals surface area (Å²) in [7, 11) is 0. The lowest BCUT2D eigenvalue weighted by Crippen LogP contribution is -2.00. The van der Waals surface area contributed by atoms with E-state index in [1.807, 2.05) is 66.7 Å². The molecule has 0 heterocycles. The minimum absolute atomic E-state index is 0.0333. The maximum atomic E-state index is 11.7. The number of rotatable bonds is 6. The summed E-state index contributed by atoms with van der Waals surface area (Å²) >= 11 is 0. The van der Waals surface area contributed by atoms with Crippen molar-refractivity contribution < 1.29 is 14.6 Å². The van der Waals surface area contributed by atoms with E-state index < -0.39 is 0 Å². The first-order valence-electron chi connectivity index (χ1n) is 7.77. The number of hydrogen-bond acceptors (Lipinski definition) is 3. The molecule has 3 aromatic rings. The Morgan fingerprint density at radius 3 is 2.38 bits per heavy atom. The highest BCUT2D eigenvalue weighted by Crippen LogP contribution is 2.30. The Morgan fingerprint density at radius 2 is 1.62 bits per heavy atom. The fraction of sp³-hybridized carbons (Fsp3) is 0.0952. The second-order valence-electron chi connectivity index (χ2n) is 5.47. The Bertz CT molecular complexity index is 825. The van der Waals surface area contributed by atoms with Crippen LogP contribution in [0.25, 0.3) is 11.1 Å². The minimum atomic E-state index is -0.0333. The number of aliphatic hydroxyl groups is 1. The maximum Gasteiger partial charge on any atom is 0.154 e. The van der Waals surface area contributed by atoms with Crippen LogP contribution in [0.4, 0.5) is 0 Å². The van der Waals surface area contributed by atoms with Gasteiger partial charge in [0.1, 0.15) is 12.4 Å².